The van der Waals surface area contributed by atoms with Gasteiger partial charge >= 0.3 is 0 Å². The van der Waals surface area contributed by atoms with E-state index in [2.05, 4.69) is 13.8 Å². The number of amides is 1. The van der Waals surface area contributed by atoms with E-state index in [-0.39, 0.29) is 18.1 Å². The van der Waals surface area contributed by atoms with Crippen LogP contribution in [0.3, 0.4) is 0 Å². The van der Waals surface area contributed by atoms with Gasteiger partial charge < -0.3 is 15.4 Å². The lowest BCUT2D eigenvalue weighted by molar-refractivity contribution is -0.144. The van der Waals surface area contributed by atoms with E-state index >= 15 is 0 Å². The Bertz CT molecular complexity index is 259. The molecular formula is C14H28N2O2. The van der Waals surface area contributed by atoms with Gasteiger partial charge in [0.15, 0.2) is 0 Å². The summed E-state index contributed by atoms with van der Waals surface area (Å²) in [6, 6.07) is 0. The van der Waals surface area contributed by atoms with E-state index in [1.807, 2.05) is 18.7 Å². The molecule has 1 aliphatic rings. The molecule has 18 heavy (non-hydrogen) atoms. The Morgan fingerprint density at radius 2 is 1.89 bits per heavy atom. The highest BCUT2D eigenvalue weighted by atomic mass is 16.5. The average molecular weight is 256 g/mol. The SMILES string of the molecule is CC(C)C[C@H](CN)CC(=O)N1C[C@@H](C)O[C@@H](C)C1. The fourth-order valence-corrected chi connectivity index (χ4v) is 2.69. The smallest absolute Gasteiger partial charge is 0.223 e. The van der Waals surface area contributed by atoms with Crippen molar-refractivity contribution in [2.75, 3.05) is 19.6 Å². The van der Waals surface area contributed by atoms with Crippen LogP contribution in [0.25, 0.3) is 0 Å². The van der Waals surface area contributed by atoms with E-state index in [0.717, 1.165) is 6.42 Å². The fourth-order valence-electron chi connectivity index (χ4n) is 2.69. The summed E-state index contributed by atoms with van der Waals surface area (Å²) in [5, 5.41) is 0. The van der Waals surface area contributed by atoms with Crippen LogP contribution >= 0.6 is 0 Å². The number of nitrogens with two attached hydrogens (primary N) is 1. The molecule has 4 nitrogen and oxygen atoms in total. The first-order chi connectivity index (χ1) is 8.42. The molecule has 1 fully saturated rings. The number of nitrogens with zero attached hydrogens (tertiary/aromatic N) is 1. The van der Waals surface area contributed by atoms with Gasteiger partial charge in [-0.05, 0) is 38.6 Å². The minimum absolute atomic E-state index is 0.138. The molecule has 0 bridgehead atoms. The fraction of sp³-hybridized carbons (Fsp3) is 0.929. The summed E-state index contributed by atoms with van der Waals surface area (Å²) >= 11 is 0. The molecule has 1 rings (SSSR count). The summed E-state index contributed by atoms with van der Waals surface area (Å²) in [6.45, 7) is 10.4. The molecule has 0 aromatic heterocycles. The Morgan fingerprint density at radius 1 is 1.33 bits per heavy atom. The van der Waals surface area contributed by atoms with Gasteiger partial charge in [0.2, 0.25) is 5.91 Å². The molecular weight excluding hydrogens is 228 g/mol. The number of hydrogen-bond donors (Lipinski definition) is 1. The van der Waals surface area contributed by atoms with Gasteiger partial charge in [-0.25, -0.2) is 0 Å². The molecule has 0 spiro atoms. The second-order valence-corrected chi connectivity index (χ2v) is 5.99. The first-order valence-corrected chi connectivity index (χ1v) is 7.05. The lowest BCUT2D eigenvalue weighted by Gasteiger charge is -2.36. The summed E-state index contributed by atoms with van der Waals surface area (Å²) in [6.07, 6.45) is 1.88. The van der Waals surface area contributed by atoms with Crippen molar-refractivity contribution in [1.29, 1.82) is 0 Å². The average Bonchev–Trinajstić information content (AvgIpc) is 2.26. The topological polar surface area (TPSA) is 55.6 Å². The van der Waals surface area contributed by atoms with Gasteiger partial charge in [0.1, 0.15) is 0 Å². The van der Waals surface area contributed by atoms with E-state index in [1.54, 1.807) is 0 Å². The van der Waals surface area contributed by atoms with Crippen LogP contribution in [0, 0.1) is 11.8 Å². The van der Waals surface area contributed by atoms with Crippen LogP contribution in [-0.2, 0) is 9.53 Å². The predicted octanol–water partition coefficient (Wildman–Crippen LogP) is 1.63. The number of carbonyl (C=O) groups is 1. The van der Waals surface area contributed by atoms with Crippen LogP contribution in [0.2, 0.25) is 0 Å². The third kappa shape index (κ3) is 4.94. The Labute approximate surface area is 111 Å². The molecule has 2 N–H and O–H groups in total. The number of morpholine rings is 1. The molecule has 3 atom stereocenters. The molecule has 0 aliphatic carbocycles. The summed E-state index contributed by atoms with van der Waals surface area (Å²) in [5.74, 6) is 1.13. The quantitative estimate of drug-likeness (QED) is 0.813. The summed E-state index contributed by atoms with van der Waals surface area (Å²) in [4.78, 5) is 14.2. The maximum atomic E-state index is 12.3. The van der Waals surface area contributed by atoms with Crippen LogP contribution in [0.5, 0.6) is 0 Å². The van der Waals surface area contributed by atoms with E-state index in [4.69, 9.17) is 10.5 Å². The molecule has 0 saturated carbocycles. The van der Waals surface area contributed by atoms with Crippen molar-refractivity contribution < 1.29 is 9.53 Å². The Kier molecular flexibility index (Phi) is 6.09. The zero-order chi connectivity index (χ0) is 13.7. The van der Waals surface area contributed by atoms with Crippen molar-refractivity contribution in [2.45, 2.75) is 52.7 Å². The highest BCUT2D eigenvalue weighted by Gasteiger charge is 2.27. The molecule has 0 radical (unpaired) electrons. The first-order valence-electron chi connectivity index (χ1n) is 7.05. The van der Waals surface area contributed by atoms with E-state index < -0.39 is 0 Å². The number of hydrogen-bond acceptors (Lipinski definition) is 3. The molecule has 0 unspecified atom stereocenters. The summed E-state index contributed by atoms with van der Waals surface area (Å²) in [5.41, 5.74) is 5.76. The van der Waals surface area contributed by atoms with E-state index in [9.17, 15) is 4.79 Å². The molecule has 1 heterocycles. The van der Waals surface area contributed by atoms with Crippen molar-refractivity contribution in [2.24, 2.45) is 17.6 Å². The Morgan fingerprint density at radius 3 is 2.33 bits per heavy atom. The van der Waals surface area contributed by atoms with Crippen molar-refractivity contribution in [1.82, 2.24) is 4.90 Å². The van der Waals surface area contributed by atoms with Crippen molar-refractivity contribution >= 4 is 5.91 Å². The lowest BCUT2D eigenvalue weighted by Crippen LogP contribution is -2.48. The number of carbonyl (C=O) groups excluding carboxylic acids is 1. The maximum absolute atomic E-state index is 12.3. The first kappa shape index (κ1) is 15.4. The zero-order valence-electron chi connectivity index (χ0n) is 12.2. The molecule has 1 aliphatic heterocycles. The zero-order valence-corrected chi connectivity index (χ0v) is 12.2. The minimum Gasteiger partial charge on any atom is -0.372 e. The van der Waals surface area contributed by atoms with Gasteiger partial charge in [-0.2, -0.15) is 0 Å². The van der Waals surface area contributed by atoms with Crippen molar-refractivity contribution in [3.05, 3.63) is 0 Å². The van der Waals surface area contributed by atoms with Crippen LogP contribution in [0.15, 0.2) is 0 Å². The standard InChI is InChI=1S/C14H28N2O2/c1-10(2)5-13(7-15)6-14(17)16-8-11(3)18-12(4)9-16/h10-13H,5-9,15H2,1-4H3/t11-,12+,13-/m0/s1. The van der Waals surface area contributed by atoms with Crippen LogP contribution in [0.1, 0.15) is 40.5 Å². The molecule has 4 heteroatoms. The van der Waals surface area contributed by atoms with E-state index in [1.165, 1.54) is 0 Å². The molecule has 0 aromatic rings. The van der Waals surface area contributed by atoms with Crippen molar-refractivity contribution in [3.63, 3.8) is 0 Å². The third-order valence-corrected chi connectivity index (χ3v) is 3.37. The van der Waals surface area contributed by atoms with Gasteiger partial charge in [0.05, 0.1) is 12.2 Å². The molecule has 1 saturated heterocycles. The van der Waals surface area contributed by atoms with Gasteiger partial charge in [0, 0.05) is 19.5 Å². The van der Waals surface area contributed by atoms with Crippen LogP contribution < -0.4 is 5.73 Å². The monoisotopic (exact) mass is 256 g/mol. The molecule has 0 aromatic carbocycles. The summed E-state index contributed by atoms with van der Waals surface area (Å²) in [7, 11) is 0. The van der Waals surface area contributed by atoms with Crippen molar-refractivity contribution in [3.8, 4) is 0 Å². The van der Waals surface area contributed by atoms with Crippen LogP contribution in [-0.4, -0.2) is 42.6 Å². The predicted molar refractivity (Wildman–Crippen MR) is 73.2 cm³/mol. The van der Waals surface area contributed by atoms with Gasteiger partial charge in [0.25, 0.3) is 0 Å². The summed E-state index contributed by atoms with van der Waals surface area (Å²) < 4.78 is 5.64. The maximum Gasteiger partial charge on any atom is 0.223 e. The third-order valence-electron chi connectivity index (χ3n) is 3.37. The molecule has 106 valence electrons. The Balaban J connectivity index is 2.47. The number of rotatable bonds is 5. The molecule has 1 amide bonds. The van der Waals surface area contributed by atoms with Crippen LogP contribution in [0.4, 0.5) is 0 Å². The lowest BCUT2D eigenvalue weighted by atomic mass is 9.93. The van der Waals surface area contributed by atoms with Gasteiger partial charge in [-0.15, -0.1) is 0 Å². The normalized spacial score (nSPS) is 26.4. The van der Waals surface area contributed by atoms with Gasteiger partial charge in [-0.3, -0.25) is 4.79 Å². The highest BCUT2D eigenvalue weighted by Crippen LogP contribution is 2.18. The minimum atomic E-state index is 0.138. The highest BCUT2D eigenvalue weighted by molar-refractivity contribution is 5.76. The van der Waals surface area contributed by atoms with E-state index in [0.29, 0.717) is 37.9 Å². The second-order valence-electron chi connectivity index (χ2n) is 5.99. The largest absolute Gasteiger partial charge is 0.372 e. The van der Waals surface area contributed by atoms with Gasteiger partial charge in [-0.1, -0.05) is 13.8 Å². The Hall–Kier alpha value is -0.610. The second kappa shape index (κ2) is 7.10. The number of ether oxygens (including phenoxy) is 1.